The number of nitrogens with zero attached hydrogens (tertiary/aromatic N) is 2. The molecule has 5 heteroatoms. The number of aromatic nitrogens is 1. The van der Waals surface area contributed by atoms with E-state index in [2.05, 4.69) is 239 Å². The van der Waals surface area contributed by atoms with Crippen molar-refractivity contribution in [2.24, 2.45) is 0 Å². The highest BCUT2D eigenvalue weighted by Gasteiger charge is 2.51. The monoisotopic (exact) mass is 804 g/mol. The Bertz CT molecular complexity index is 3130. The summed E-state index contributed by atoms with van der Waals surface area (Å²) in [5.74, 6) is 0. The highest BCUT2D eigenvalue weighted by molar-refractivity contribution is 6.62. The van der Waals surface area contributed by atoms with Gasteiger partial charge in [-0.2, -0.15) is 0 Å². The summed E-state index contributed by atoms with van der Waals surface area (Å²) in [6.45, 7) is 13.1. The van der Waals surface area contributed by atoms with E-state index < -0.39 is 7.12 Å². The van der Waals surface area contributed by atoms with E-state index in [1.165, 1.54) is 66.3 Å². The summed E-state index contributed by atoms with van der Waals surface area (Å²) in [6, 6.07) is 68.7. The first kappa shape index (κ1) is 38.3. The van der Waals surface area contributed by atoms with Gasteiger partial charge in [0.1, 0.15) is 0 Å². The zero-order valence-corrected chi connectivity index (χ0v) is 36.2. The quantitative estimate of drug-likeness (QED) is 0.150. The second-order valence-electron chi connectivity index (χ2n) is 18.5. The molecule has 0 atom stereocenters. The smallest absolute Gasteiger partial charge is 0.399 e. The van der Waals surface area contributed by atoms with Crippen LogP contribution in [0.15, 0.2) is 188 Å². The number of hydrogen-bond donors (Lipinski definition) is 0. The topological polar surface area (TPSA) is 26.6 Å². The van der Waals surface area contributed by atoms with E-state index >= 15 is 0 Å². The van der Waals surface area contributed by atoms with Crippen molar-refractivity contribution in [2.45, 2.75) is 58.2 Å². The molecule has 2 heterocycles. The van der Waals surface area contributed by atoms with Gasteiger partial charge in [-0.15, -0.1) is 0 Å². The minimum Gasteiger partial charge on any atom is -0.399 e. The molecule has 0 bridgehead atoms. The molecule has 1 aromatic heterocycles. The fraction of sp³-hybridized carbons (Fsp3) is 0.158. The second-order valence-corrected chi connectivity index (χ2v) is 18.5. The molecule has 62 heavy (non-hydrogen) atoms. The number of benzene rings is 8. The Hall–Kier alpha value is -6.66. The molecule has 302 valence electrons. The van der Waals surface area contributed by atoms with Gasteiger partial charge in [-0.1, -0.05) is 135 Å². The van der Waals surface area contributed by atoms with Crippen LogP contribution < -0.4 is 10.4 Å². The number of hydrogen-bond acceptors (Lipinski definition) is 3. The van der Waals surface area contributed by atoms with E-state index in [9.17, 15) is 0 Å². The first-order valence-corrected chi connectivity index (χ1v) is 21.8. The van der Waals surface area contributed by atoms with Crippen molar-refractivity contribution in [3.8, 4) is 39.1 Å². The Morgan fingerprint density at radius 3 is 1.65 bits per heavy atom. The molecule has 0 unspecified atom stereocenters. The van der Waals surface area contributed by atoms with Gasteiger partial charge in [0.15, 0.2) is 0 Å². The zero-order valence-electron chi connectivity index (χ0n) is 36.2. The van der Waals surface area contributed by atoms with Crippen LogP contribution in [0, 0.1) is 0 Å². The average molecular weight is 805 g/mol. The third kappa shape index (κ3) is 6.14. The maximum atomic E-state index is 6.36. The maximum absolute atomic E-state index is 6.36. The van der Waals surface area contributed by atoms with Crippen LogP contribution >= 0.6 is 0 Å². The Morgan fingerprint density at radius 1 is 0.419 bits per heavy atom. The SMILES string of the molecule is CC1(C)c2ccccc2-c2ccc(N(c3ccc(-c4ccccc4)cc3)c3ccc(-c4ccc5c(c4)c4ccccc4n5-c4ccc(B5OC(C)(C)C(C)(C)O5)cc4)cc3)cc21. The lowest BCUT2D eigenvalue weighted by Gasteiger charge is -2.32. The van der Waals surface area contributed by atoms with Crippen LogP contribution in [0.3, 0.4) is 0 Å². The highest BCUT2D eigenvalue weighted by Crippen LogP contribution is 2.51. The van der Waals surface area contributed by atoms with Crippen LogP contribution in [-0.4, -0.2) is 22.9 Å². The number of para-hydroxylation sites is 1. The Morgan fingerprint density at radius 2 is 0.952 bits per heavy atom. The van der Waals surface area contributed by atoms with Crippen molar-refractivity contribution in [1.82, 2.24) is 4.57 Å². The largest absolute Gasteiger partial charge is 0.494 e. The summed E-state index contributed by atoms with van der Waals surface area (Å²) < 4.78 is 15.1. The zero-order chi connectivity index (χ0) is 42.4. The van der Waals surface area contributed by atoms with Gasteiger partial charge < -0.3 is 18.8 Å². The van der Waals surface area contributed by atoms with Crippen molar-refractivity contribution in [2.75, 3.05) is 4.90 Å². The molecule has 9 aromatic rings. The predicted octanol–water partition coefficient (Wildman–Crippen LogP) is 14.2. The van der Waals surface area contributed by atoms with E-state index in [0.717, 1.165) is 28.2 Å². The third-order valence-corrected chi connectivity index (χ3v) is 13.9. The van der Waals surface area contributed by atoms with Crippen LogP contribution in [0.2, 0.25) is 0 Å². The number of rotatable bonds is 7. The fourth-order valence-electron chi connectivity index (χ4n) is 9.71. The number of anilines is 3. The molecule has 0 spiro atoms. The van der Waals surface area contributed by atoms with Crippen molar-refractivity contribution >= 4 is 51.4 Å². The molecule has 11 rings (SSSR count). The van der Waals surface area contributed by atoms with Gasteiger partial charge >= 0.3 is 7.12 Å². The van der Waals surface area contributed by atoms with Crippen LogP contribution in [0.4, 0.5) is 17.1 Å². The van der Waals surface area contributed by atoms with Crippen LogP contribution in [0.1, 0.15) is 52.7 Å². The van der Waals surface area contributed by atoms with Crippen molar-refractivity contribution in [3.63, 3.8) is 0 Å². The van der Waals surface area contributed by atoms with Gasteiger partial charge in [0.05, 0.1) is 22.2 Å². The molecule has 2 aliphatic rings. The van der Waals surface area contributed by atoms with Gasteiger partial charge in [-0.05, 0) is 144 Å². The lowest BCUT2D eigenvalue weighted by molar-refractivity contribution is 0.00578. The fourth-order valence-corrected chi connectivity index (χ4v) is 9.71. The van der Waals surface area contributed by atoms with E-state index in [0.29, 0.717) is 0 Å². The Balaban J connectivity index is 0.955. The summed E-state index contributed by atoms with van der Waals surface area (Å²) >= 11 is 0. The van der Waals surface area contributed by atoms with Crippen LogP contribution in [0.25, 0.3) is 60.9 Å². The van der Waals surface area contributed by atoms with Gasteiger partial charge in [0, 0.05) is 38.9 Å². The van der Waals surface area contributed by atoms with E-state index in [4.69, 9.17) is 9.31 Å². The minimum absolute atomic E-state index is 0.103. The van der Waals surface area contributed by atoms with E-state index in [-0.39, 0.29) is 16.6 Å². The molecule has 1 aliphatic carbocycles. The first-order valence-electron chi connectivity index (χ1n) is 21.8. The number of fused-ring (bicyclic) bond motifs is 6. The summed E-state index contributed by atoms with van der Waals surface area (Å²) in [6.07, 6.45) is 0. The molecule has 0 N–H and O–H groups in total. The van der Waals surface area contributed by atoms with Crippen LogP contribution in [0.5, 0.6) is 0 Å². The summed E-state index contributed by atoms with van der Waals surface area (Å²) in [7, 11) is -0.396. The maximum Gasteiger partial charge on any atom is 0.494 e. The molecule has 8 aromatic carbocycles. The molecular formula is C57H49BN2O2. The summed E-state index contributed by atoms with van der Waals surface area (Å²) in [5.41, 5.74) is 17.1. The first-order chi connectivity index (χ1) is 30.0. The van der Waals surface area contributed by atoms with E-state index in [1.54, 1.807) is 0 Å². The van der Waals surface area contributed by atoms with Gasteiger partial charge in [0.25, 0.3) is 0 Å². The molecule has 4 nitrogen and oxygen atoms in total. The van der Waals surface area contributed by atoms with Gasteiger partial charge in [0.2, 0.25) is 0 Å². The molecule has 1 fully saturated rings. The minimum atomic E-state index is -0.396. The molecule has 0 saturated carbocycles. The van der Waals surface area contributed by atoms with Crippen molar-refractivity contribution in [3.05, 3.63) is 199 Å². The predicted molar refractivity (Wildman–Crippen MR) is 260 cm³/mol. The Kier molecular flexibility index (Phi) is 8.77. The normalized spacial score (nSPS) is 15.8. The molecule has 1 saturated heterocycles. The summed E-state index contributed by atoms with van der Waals surface area (Å²) in [5, 5.41) is 2.45. The Labute approximate surface area is 365 Å². The molecule has 0 radical (unpaired) electrons. The second kappa shape index (κ2) is 14.2. The lowest BCUT2D eigenvalue weighted by Crippen LogP contribution is -2.41. The molecular weight excluding hydrogens is 755 g/mol. The lowest BCUT2D eigenvalue weighted by atomic mass is 9.79. The summed E-state index contributed by atoms with van der Waals surface area (Å²) in [4.78, 5) is 2.40. The standard InChI is InChI=1S/C57H49BN2O2/c1-55(2)51-18-12-10-16-47(51)48-34-33-46(37-52(48)55)59(43-27-20-39(21-28-43)38-14-8-7-9-15-38)44-29-22-40(23-30-44)41-24-35-54-50(36-41)49-17-11-13-19-53(49)60(54)45-31-25-42(26-32-45)58-61-56(3,4)57(5,6)62-58/h7-37H,1-6H3. The van der Waals surface area contributed by atoms with Gasteiger partial charge in [-0.25, -0.2) is 0 Å². The van der Waals surface area contributed by atoms with Gasteiger partial charge in [-0.3, -0.25) is 0 Å². The average Bonchev–Trinajstić information content (AvgIpc) is 3.83. The van der Waals surface area contributed by atoms with Crippen LogP contribution in [-0.2, 0) is 14.7 Å². The molecule has 1 aliphatic heterocycles. The van der Waals surface area contributed by atoms with E-state index in [1.807, 2.05) is 0 Å². The highest BCUT2D eigenvalue weighted by atomic mass is 16.7. The van der Waals surface area contributed by atoms with Crippen molar-refractivity contribution in [1.29, 1.82) is 0 Å². The van der Waals surface area contributed by atoms with Crippen molar-refractivity contribution < 1.29 is 9.31 Å². The third-order valence-electron chi connectivity index (χ3n) is 13.9. The molecule has 0 amide bonds.